The van der Waals surface area contributed by atoms with E-state index in [1.807, 2.05) is 6.07 Å². The molecular weight excluding hydrogens is 280 g/mol. The molecule has 7 heteroatoms. The predicted molar refractivity (Wildman–Crippen MR) is 74.6 cm³/mol. The maximum Gasteiger partial charge on any atom is 0.223 e. The summed E-state index contributed by atoms with van der Waals surface area (Å²) in [4.78, 5) is 13.9. The number of carbonyl (C=O) groups excluding carboxylic acids is 1. The Bertz CT molecular complexity index is 539. The molecule has 6 nitrogen and oxygen atoms in total. The third-order valence-electron chi connectivity index (χ3n) is 3.59. The Morgan fingerprint density at radius 1 is 1.55 bits per heavy atom. The van der Waals surface area contributed by atoms with Crippen molar-refractivity contribution in [3.05, 3.63) is 24.2 Å². The van der Waals surface area contributed by atoms with Crippen molar-refractivity contribution in [1.29, 1.82) is 0 Å². The van der Waals surface area contributed by atoms with Crippen molar-refractivity contribution in [2.45, 2.75) is 31.7 Å². The molecule has 1 atom stereocenters. The van der Waals surface area contributed by atoms with E-state index in [0.29, 0.717) is 19.4 Å². The van der Waals surface area contributed by atoms with E-state index in [1.54, 1.807) is 17.2 Å². The Morgan fingerprint density at radius 2 is 2.35 bits per heavy atom. The average Bonchev–Trinajstić information content (AvgIpc) is 3.06. The number of amides is 1. The van der Waals surface area contributed by atoms with Crippen LogP contribution in [0.1, 0.15) is 25.0 Å². The Kier molecular flexibility index (Phi) is 4.82. The van der Waals surface area contributed by atoms with Gasteiger partial charge in [-0.25, -0.2) is 13.1 Å². The van der Waals surface area contributed by atoms with Gasteiger partial charge in [0.1, 0.15) is 5.76 Å². The highest BCUT2D eigenvalue weighted by atomic mass is 32.2. The highest BCUT2D eigenvalue weighted by molar-refractivity contribution is 7.89. The maximum atomic E-state index is 12.2. The van der Waals surface area contributed by atoms with Gasteiger partial charge in [0, 0.05) is 25.4 Å². The van der Waals surface area contributed by atoms with Crippen LogP contribution in [0.2, 0.25) is 0 Å². The summed E-state index contributed by atoms with van der Waals surface area (Å²) in [6.45, 7) is 0.640. The number of nitrogens with zero attached hydrogens (tertiary/aromatic N) is 1. The van der Waals surface area contributed by atoms with E-state index in [0.717, 1.165) is 18.6 Å². The second-order valence-electron chi connectivity index (χ2n) is 4.95. The molecule has 1 amide bonds. The smallest absolute Gasteiger partial charge is 0.223 e. The molecule has 0 saturated carbocycles. The Balaban J connectivity index is 1.91. The van der Waals surface area contributed by atoms with Gasteiger partial charge in [-0.15, -0.1) is 0 Å². The van der Waals surface area contributed by atoms with Gasteiger partial charge >= 0.3 is 0 Å². The zero-order chi connectivity index (χ0) is 14.6. The summed E-state index contributed by atoms with van der Waals surface area (Å²) in [7, 11) is -1.89. The first-order valence-electron chi connectivity index (χ1n) is 6.75. The molecule has 0 radical (unpaired) electrons. The minimum absolute atomic E-state index is 0.00444. The molecule has 1 aliphatic rings. The lowest BCUT2D eigenvalue weighted by Gasteiger charge is -2.24. The van der Waals surface area contributed by atoms with Crippen LogP contribution < -0.4 is 4.72 Å². The molecule has 0 aromatic carbocycles. The third kappa shape index (κ3) is 3.83. The molecule has 2 rings (SSSR count). The molecule has 20 heavy (non-hydrogen) atoms. The molecule has 0 unspecified atom stereocenters. The van der Waals surface area contributed by atoms with E-state index in [1.165, 1.54) is 7.05 Å². The molecule has 0 spiro atoms. The van der Waals surface area contributed by atoms with E-state index in [2.05, 4.69) is 4.72 Å². The van der Waals surface area contributed by atoms with Crippen molar-refractivity contribution in [3.8, 4) is 0 Å². The summed E-state index contributed by atoms with van der Waals surface area (Å²) in [6, 6.07) is 3.41. The number of rotatable bonds is 6. The Labute approximate surface area is 119 Å². The standard InChI is InChI=1S/C13H20N2O4S/c1-14-20(17,18)10-11-4-2-8-15(11)13(16)7-6-12-5-3-9-19-12/h3,5,9,11,14H,2,4,6-8,10H2,1H3/t11-/m1/s1. The van der Waals surface area contributed by atoms with Gasteiger partial charge in [0.2, 0.25) is 15.9 Å². The van der Waals surface area contributed by atoms with Crippen LogP contribution in [0.15, 0.2) is 22.8 Å². The second-order valence-corrected chi connectivity index (χ2v) is 6.92. The van der Waals surface area contributed by atoms with E-state index in [9.17, 15) is 13.2 Å². The summed E-state index contributed by atoms with van der Waals surface area (Å²) in [5.41, 5.74) is 0. The topological polar surface area (TPSA) is 79.6 Å². The fourth-order valence-corrected chi connectivity index (χ4v) is 3.52. The van der Waals surface area contributed by atoms with Crippen molar-refractivity contribution < 1.29 is 17.6 Å². The van der Waals surface area contributed by atoms with Gasteiger partial charge in [-0.05, 0) is 32.0 Å². The molecule has 1 N–H and O–H groups in total. The molecule has 1 aliphatic heterocycles. The van der Waals surface area contributed by atoms with Crippen molar-refractivity contribution in [2.75, 3.05) is 19.3 Å². The van der Waals surface area contributed by atoms with Gasteiger partial charge in [0.05, 0.1) is 12.0 Å². The van der Waals surface area contributed by atoms with Crippen molar-refractivity contribution in [3.63, 3.8) is 0 Å². The lowest BCUT2D eigenvalue weighted by atomic mass is 10.2. The quantitative estimate of drug-likeness (QED) is 0.841. The average molecular weight is 300 g/mol. The molecule has 0 aliphatic carbocycles. The summed E-state index contributed by atoms with van der Waals surface area (Å²) >= 11 is 0. The SMILES string of the molecule is CNS(=O)(=O)C[C@H]1CCCN1C(=O)CCc1ccco1. The molecule has 1 fully saturated rings. The first-order chi connectivity index (χ1) is 9.52. The van der Waals surface area contributed by atoms with Crippen LogP contribution in [-0.4, -0.2) is 44.6 Å². The predicted octanol–water partition coefficient (Wildman–Crippen LogP) is 0.752. The lowest BCUT2D eigenvalue weighted by Crippen LogP contribution is -2.41. The first kappa shape index (κ1) is 15.1. The van der Waals surface area contributed by atoms with Gasteiger partial charge in [-0.2, -0.15) is 0 Å². The fraction of sp³-hybridized carbons (Fsp3) is 0.615. The monoisotopic (exact) mass is 300 g/mol. The molecule has 1 aromatic heterocycles. The highest BCUT2D eigenvalue weighted by Crippen LogP contribution is 2.20. The molecular formula is C13H20N2O4S. The van der Waals surface area contributed by atoms with Crippen molar-refractivity contribution in [1.82, 2.24) is 9.62 Å². The van der Waals surface area contributed by atoms with Crippen LogP contribution in [0, 0.1) is 0 Å². The Hall–Kier alpha value is -1.34. The maximum absolute atomic E-state index is 12.2. The zero-order valence-corrected chi connectivity index (χ0v) is 12.4. The van der Waals surface area contributed by atoms with Crippen LogP contribution in [0.5, 0.6) is 0 Å². The van der Waals surface area contributed by atoms with E-state index < -0.39 is 10.0 Å². The van der Waals surface area contributed by atoms with Gasteiger partial charge in [-0.1, -0.05) is 0 Å². The van der Waals surface area contributed by atoms with Gasteiger partial charge in [0.15, 0.2) is 0 Å². The highest BCUT2D eigenvalue weighted by Gasteiger charge is 2.31. The van der Waals surface area contributed by atoms with E-state index in [-0.39, 0.29) is 17.7 Å². The van der Waals surface area contributed by atoms with E-state index in [4.69, 9.17) is 4.42 Å². The van der Waals surface area contributed by atoms with Gasteiger partial charge in [0.25, 0.3) is 0 Å². The summed E-state index contributed by atoms with van der Waals surface area (Å²) in [5.74, 6) is 0.753. The van der Waals surface area contributed by atoms with Gasteiger partial charge in [-0.3, -0.25) is 4.79 Å². The normalized spacial score (nSPS) is 19.4. The first-order valence-corrected chi connectivity index (χ1v) is 8.40. The Morgan fingerprint density at radius 3 is 3.00 bits per heavy atom. The van der Waals surface area contributed by atoms with Gasteiger partial charge < -0.3 is 9.32 Å². The number of nitrogens with one attached hydrogen (secondary N) is 1. The van der Waals surface area contributed by atoms with Crippen LogP contribution in [0.4, 0.5) is 0 Å². The zero-order valence-electron chi connectivity index (χ0n) is 11.5. The number of carbonyl (C=O) groups is 1. The number of sulfonamides is 1. The van der Waals surface area contributed by atoms with Crippen LogP contribution in [-0.2, 0) is 21.2 Å². The molecule has 1 aromatic rings. The van der Waals surface area contributed by atoms with Crippen LogP contribution in [0.25, 0.3) is 0 Å². The summed E-state index contributed by atoms with van der Waals surface area (Å²) in [5, 5.41) is 0. The number of likely N-dealkylation sites (tertiary alicyclic amines) is 1. The van der Waals surface area contributed by atoms with Crippen LogP contribution >= 0.6 is 0 Å². The largest absolute Gasteiger partial charge is 0.469 e. The number of aryl methyl sites for hydroxylation is 1. The molecule has 0 bridgehead atoms. The molecule has 112 valence electrons. The summed E-state index contributed by atoms with van der Waals surface area (Å²) in [6.07, 6.45) is 4.08. The minimum atomic E-state index is -3.29. The van der Waals surface area contributed by atoms with Crippen molar-refractivity contribution >= 4 is 15.9 Å². The third-order valence-corrected chi connectivity index (χ3v) is 5.03. The number of furan rings is 1. The van der Waals surface area contributed by atoms with Crippen molar-refractivity contribution in [2.24, 2.45) is 0 Å². The fourth-order valence-electron chi connectivity index (χ4n) is 2.50. The summed E-state index contributed by atoms with van der Waals surface area (Å²) < 4.78 is 30.7. The lowest BCUT2D eigenvalue weighted by molar-refractivity contribution is -0.131. The molecule has 1 saturated heterocycles. The van der Waals surface area contributed by atoms with E-state index >= 15 is 0 Å². The number of hydrogen-bond donors (Lipinski definition) is 1. The second kappa shape index (κ2) is 6.41. The van der Waals surface area contributed by atoms with Crippen LogP contribution in [0.3, 0.4) is 0 Å². The minimum Gasteiger partial charge on any atom is -0.469 e. The number of hydrogen-bond acceptors (Lipinski definition) is 4. The molecule has 2 heterocycles.